The van der Waals surface area contributed by atoms with Crippen LogP contribution in [0.25, 0.3) is 5.57 Å². The van der Waals surface area contributed by atoms with Crippen LogP contribution in [-0.2, 0) is 10.5 Å². The Morgan fingerprint density at radius 2 is 1.84 bits per heavy atom. The summed E-state index contributed by atoms with van der Waals surface area (Å²) in [7, 11) is 1.77. The third kappa shape index (κ3) is 6.50. The summed E-state index contributed by atoms with van der Waals surface area (Å²) in [5, 5.41) is 8.87. The Kier molecular flexibility index (Phi) is 7.34. The first-order valence-electron chi connectivity index (χ1n) is 7.96. The first-order valence-corrected chi connectivity index (χ1v) is 8.59. The summed E-state index contributed by atoms with van der Waals surface area (Å²) in [4.78, 5) is 12.5. The molecule has 2 rings (SSSR count). The largest absolute Gasteiger partial charge is 0.480 e. The zero-order valence-electron chi connectivity index (χ0n) is 14.1. The number of allylic oxidation sites excluding steroid dienone is 1. The molecule has 0 saturated heterocycles. The van der Waals surface area contributed by atoms with Crippen LogP contribution in [0.5, 0.6) is 0 Å². The number of rotatable bonds is 6. The minimum absolute atomic E-state index is 0.00279. The Morgan fingerprint density at radius 3 is 2.44 bits per heavy atom. The second-order valence-corrected chi connectivity index (χ2v) is 6.00. The fraction of sp³-hybridized carbons (Fsp3) is 0.190. The average molecular weight is 351 g/mol. The summed E-state index contributed by atoms with van der Waals surface area (Å²) in [6.07, 6.45) is 1.97. The van der Waals surface area contributed by atoms with E-state index in [2.05, 4.69) is 24.5 Å². The van der Waals surface area contributed by atoms with Gasteiger partial charge in [0.05, 0.1) is 6.54 Å². The highest BCUT2D eigenvalue weighted by Gasteiger charge is 2.03. The second kappa shape index (κ2) is 9.73. The minimum Gasteiger partial charge on any atom is -0.480 e. The zero-order chi connectivity index (χ0) is 18.1. The van der Waals surface area contributed by atoms with Gasteiger partial charge >= 0.3 is 5.97 Å². The van der Waals surface area contributed by atoms with Crippen molar-refractivity contribution in [3.05, 3.63) is 77.4 Å². The van der Waals surface area contributed by atoms with E-state index in [-0.39, 0.29) is 6.54 Å². The molecule has 0 heterocycles. The summed E-state index contributed by atoms with van der Waals surface area (Å²) in [6, 6.07) is 17.9. The third-order valence-electron chi connectivity index (χ3n) is 3.58. The number of aliphatic carboxylic acids is 1. The van der Waals surface area contributed by atoms with Crippen LogP contribution in [0.4, 0.5) is 0 Å². The predicted molar refractivity (Wildman–Crippen MR) is 106 cm³/mol. The third-order valence-corrected chi connectivity index (χ3v) is 3.94. The van der Waals surface area contributed by atoms with Gasteiger partial charge < -0.3 is 5.11 Å². The summed E-state index contributed by atoms with van der Waals surface area (Å²) in [6.45, 7) is 0.515. The van der Waals surface area contributed by atoms with E-state index in [0.717, 1.165) is 22.3 Å². The molecule has 0 radical (unpaired) electrons. The van der Waals surface area contributed by atoms with Crippen LogP contribution in [-0.4, -0.2) is 36.1 Å². The van der Waals surface area contributed by atoms with Crippen molar-refractivity contribution in [2.24, 2.45) is 0 Å². The number of hydrogen-bond donors (Lipinski definition) is 2. The lowest BCUT2D eigenvalue weighted by molar-refractivity contribution is -0.137. The van der Waals surface area contributed by atoms with Crippen LogP contribution >= 0.6 is 12.6 Å². The molecule has 0 spiro atoms. The highest BCUT2D eigenvalue weighted by Crippen LogP contribution is 2.14. The summed E-state index contributed by atoms with van der Waals surface area (Å²) < 4.78 is 0. The molecule has 0 aliphatic heterocycles. The molecule has 0 aromatic heterocycles. The molecule has 3 nitrogen and oxygen atoms in total. The van der Waals surface area contributed by atoms with Crippen LogP contribution in [0.3, 0.4) is 0 Å². The number of nitrogens with zero attached hydrogens (tertiary/aromatic N) is 1. The van der Waals surface area contributed by atoms with E-state index in [9.17, 15) is 4.79 Å². The van der Waals surface area contributed by atoms with Gasteiger partial charge in [-0.2, -0.15) is 12.6 Å². The van der Waals surface area contributed by atoms with Crippen LogP contribution in [0.15, 0.2) is 60.7 Å². The number of carboxylic acids is 1. The Labute approximate surface area is 154 Å². The number of carboxylic acid groups (broad SMARTS) is 1. The molecule has 2 aromatic rings. The lowest BCUT2D eigenvalue weighted by Crippen LogP contribution is -2.25. The van der Waals surface area contributed by atoms with Crippen molar-refractivity contribution >= 4 is 24.2 Å². The maximum atomic E-state index is 10.8. The van der Waals surface area contributed by atoms with E-state index < -0.39 is 5.97 Å². The van der Waals surface area contributed by atoms with Gasteiger partial charge in [0.15, 0.2) is 0 Å². The molecule has 2 aromatic carbocycles. The molecule has 0 fully saturated rings. The molecule has 4 heteroatoms. The molecule has 0 atom stereocenters. The fourth-order valence-electron chi connectivity index (χ4n) is 2.23. The van der Waals surface area contributed by atoms with Crippen molar-refractivity contribution in [1.29, 1.82) is 0 Å². The fourth-order valence-corrected chi connectivity index (χ4v) is 2.45. The van der Waals surface area contributed by atoms with Gasteiger partial charge in [0.1, 0.15) is 0 Å². The topological polar surface area (TPSA) is 40.5 Å². The molecule has 0 bridgehead atoms. The van der Waals surface area contributed by atoms with Gasteiger partial charge in [-0.15, -0.1) is 0 Å². The zero-order valence-corrected chi connectivity index (χ0v) is 15.0. The average Bonchev–Trinajstić information content (AvgIpc) is 2.62. The standard InChI is InChI=1S/C21H21NO2S/c1-22(15-21(23)24)14-13-20(19-5-3-2-4-6-19)12-11-17-7-9-18(16-25)10-8-17/h2-10,13,25H,14-16H2,1H3,(H,23,24)/b20-13-. The summed E-state index contributed by atoms with van der Waals surface area (Å²) in [5.41, 5.74) is 4.00. The monoisotopic (exact) mass is 351 g/mol. The van der Waals surface area contributed by atoms with Crippen molar-refractivity contribution in [1.82, 2.24) is 4.90 Å². The van der Waals surface area contributed by atoms with E-state index in [0.29, 0.717) is 12.3 Å². The normalized spacial score (nSPS) is 11.1. The lowest BCUT2D eigenvalue weighted by atomic mass is 10.0. The van der Waals surface area contributed by atoms with Crippen LogP contribution in [0.2, 0.25) is 0 Å². The number of thiol groups is 1. The van der Waals surface area contributed by atoms with Gasteiger partial charge in [0.2, 0.25) is 0 Å². The van der Waals surface area contributed by atoms with Crippen molar-refractivity contribution in [2.75, 3.05) is 20.1 Å². The lowest BCUT2D eigenvalue weighted by Gasteiger charge is -2.11. The highest BCUT2D eigenvalue weighted by molar-refractivity contribution is 7.79. The SMILES string of the molecule is CN(C/C=C(/C#Cc1ccc(CS)cc1)c1ccccc1)CC(=O)O. The molecular weight excluding hydrogens is 330 g/mol. The van der Waals surface area contributed by atoms with Gasteiger partial charge in [0.25, 0.3) is 0 Å². The first kappa shape index (κ1) is 18.9. The molecule has 1 N–H and O–H groups in total. The van der Waals surface area contributed by atoms with Gasteiger partial charge in [-0.3, -0.25) is 9.69 Å². The predicted octanol–water partition coefficient (Wildman–Crippen LogP) is 3.57. The number of hydrogen-bond acceptors (Lipinski definition) is 3. The molecule has 0 aliphatic rings. The maximum Gasteiger partial charge on any atom is 0.317 e. The number of likely N-dealkylation sites (N-methyl/N-ethyl adjacent to an activating group) is 1. The van der Waals surface area contributed by atoms with E-state index >= 15 is 0 Å². The van der Waals surface area contributed by atoms with E-state index in [1.54, 1.807) is 11.9 Å². The highest BCUT2D eigenvalue weighted by atomic mass is 32.1. The molecule has 25 heavy (non-hydrogen) atoms. The number of carbonyl (C=O) groups is 1. The number of benzene rings is 2. The molecular formula is C21H21NO2S. The van der Waals surface area contributed by atoms with Crippen molar-refractivity contribution < 1.29 is 9.90 Å². The van der Waals surface area contributed by atoms with Gasteiger partial charge in [-0.05, 0) is 30.3 Å². The Balaban J connectivity index is 2.23. The Hall–Kier alpha value is -2.48. The van der Waals surface area contributed by atoms with Crippen molar-refractivity contribution in [3.8, 4) is 11.8 Å². The molecule has 0 amide bonds. The summed E-state index contributed by atoms with van der Waals surface area (Å²) >= 11 is 4.26. The Morgan fingerprint density at radius 1 is 1.16 bits per heavy atom. The van der Waals surface area contributed by atoms with Gasteiger partial charge in [-0.1, -0.05) is 60.4 Å². The molecule has 0 aliphatic carbocycles. The van der Waals surface area contributed by atoms with Crippen molar-refractivity contribution in [3.63, 3.8) is 0 Å². The second-order valence-electron chi connectivity index (χ2n) is 5.68. The molecule has 0 saturated carbocycles. The minimum atomic E-state index is -0.840. The van der Waals surface area contributed by atoms with Gasteiger partial charge in [0, 0.05) is 23.4 Å². The van der Waals surface area contributed by atoms with Crippen LogP contribution in [0.1, 0.15) is 16.7 Å². The quantitative estimate of drug-likeness (QED) is 0.617. The summed E-state index contributed by atoms with van der Waals surface area (Å²) in [5.74, 6) is 6.26. The Bertz CT molecular complexity index is 786. The molecule has 128 valence electrons. The van der Waals surface area contributed by atoms with Gasteiger partial charge in [-0.25, -0.2) is 0 Å². The van der Waals surface area contributed by atoms with E-state index in [1.807, 2.05) is 60.7 Å². The maximum absolute atomic E-state index is 10.8. The van der Waals surface area contributed by atoms with Crippen molar-refractivity contribution in [2.45, 2.75) is 5.75 Å². The first-order chi connectivity index (χ1) is 12.1. The van der Waals surface area contributed by atoms with E-state index in [1.165, 1.54) is 0 Å². The molecule has 0 unspecified atom stereocenters. The van der Waals surface area contributed by atoms with Crippen LogP contribution in [0, 0.1) is 11.8 Å². The smallest absolute Gasteiger partial charge is 0.317 e. The van der Waals surface area contributed by atoms with Crippen LogP contribution < -0.4 is 0 Å². The van der Waals surface area contributed by atoms with E-state index in [4.69, 9.17) is 5.11 Å².